The standard InChI is InChI=1S/C45H76IN5O9S2/c1-15-29(8)39(49(11)44(56)37(27(4)5)48-43(55)38(28(6)7)50(12)45(57)60-25-35(26(2)3)61-62-46)34(58-13)24-36(52)51-23-19-22-33(51)41(59-14)30(9)42(54)47-31(10)40(53)32-20-17-16-18-21-32/h16-18,20-21,26-31,33-35,37-41,53H,15,19,22-25H2,1-14H3,(H,47,54)(H,48,55)/t29-,30+,31+,33-,34+,35-,37-,38-,39-,40+,41+/m0/s1. The molecule has 0 aromatic heterocycles. The van der Waals surface area contributed by atoms with E-state index in [1.54, 1.807) is 63.6 Å². The van der Waals surface area contributed by atoms with Crippen LogP contribution >= 0.6 is 40.0 Å². The average molecular weight is 1020 g/mol. The Kier molecular flexibility index (Phi) is 24.5. The van der Waals surface area contributed by atoms with E-state index in [2.05, 4.69) is 45.7 Å². The van der Waals surface area contributed by atoms with E-state index in [4.69, 9.17) is 14.2 Å². The molecule has 0 aliphatic carbocycles. The normalized spacial score (nSPS) is 19.1. The summed E-state index contributed by atoms with van der Waals surface area (Å²) in [6.07, 6.45) is -0.776. The van der Waals surface area contributed by atoms with Crippen LogP contribution in [0, 0.1) is 29.6 Å². The number of carbonyl (C=O) groups is 5. The Labute approximate surface area is 391 Å². The van der Waals surface area contributed by atoms with Crippen LogP contribution in [0.5, 0.6) is 0 Å². The van der Waals surface area contributed by atoms with E-state index in [-0.39, 0.29) is 65.7 Å². The van der Waals surface area contributed by atoms with Crippen molar-refractivity contribution in [3.05, 3.63) is 35.9 Å². The maximum Gasteiger partial charge on any atom is 0.410 e. The first-order valence-electron chi connectivity index (χ1n) is 22.0. The molecule has 1 heterocycles. The van der Waals surface area contributed by atoms with Gasteiger partial charge in [-0.2, -0.15) is 0 Å². The van der Waals surface area contributed by atoms with E-state index < -0.39 is 60.4 Å². The summed E-state index contributed by atoms with van der Waals surface area (Å²) in [5.74, 6) is -2.31. The van der Waals surface area contributed by atoms with Gasteiger partial charge in [-0.3, -0.25) is 24.1 Å². The molecule has 0 spiro atoms. The lowest BCUT2D eigenvalue weighted by Gasteiger charge is -2.41. The molecule has 0 radical (unpaired) electrons. The van der Waals surface area contributed by atoms with E-state index in [0.29, 0.717) is 24.9 Å². The van der Waals surface area contributed by atoms with Crippen molar-refractivity contribution in [3.8, 4) is 0 Å². The molecule has 1 aliphatic heterocycles. The van der Waals surface area contributed by atoms with E-state index >= 15 is 0 Å². The van der Waals surface area contributed by atoms with Crippen LogP contribution < -0.4 is 10.6 Å². The largest absolute Gasteiger partial charge is 0.448 e. The number of aliphatic hydroxyl groups excluding tert-OH is 1. The van der Waals surface area contributed by atoms with Crippen molar-refractivity contribution in [2.75, 3.05) is 41.5 Å². The SMILES string of the molecule is CC[C@H](C)[C@@H]([C@@H](CC(=O)N1CCC[C@H]1[C@H](OC)[C@@H](C)C(=O)N[C@H](C)[C@@H](O)c1ccccc1)OC)N(C)C(=O)[C@@H](NC(=O)[C@H](C(C)C)N(C)C(=O)OC[C@H](SSI)C(C)C)C(C)C. The molecule has 17 heteroatoms. The minimum atomic E-state index is -0.935. The summed E-state index contributed by atoms with van der Waals surface area (Å²) in [6, 6.07) is 5.84. The van der Waals surface area contributed by atoms with E-state index in [0.717, 1.165) is 6.42 Å². The van der Waals surface area contributed by atoms with Crippen LogP contribution in [0.1, 0.15) is 107 Å². The number of ether oxygens (including phenoxy) is 3. The van der Waals surface area contributed by atoms with Crippen molar-refractivity contribution in [3.63, 3.8) is 0 Å². The third-order valence-corrected chi connectivity index (χ3v) is 16.2. The Hall–Kier alpha value is -2.32. The fourth-order valence-electron chi connectivity index (χ4n) is 8.32. The van der Waals surface area contributed by atoms with Gasteiger partial charge in [0, 0.05) is 56.1 Å². The summed E-state index contributed by atoms with van der Waals surface area (Å²) in [6.45, 7) is 19.8. The van der Waals surface area contributed by atoms with Crippen molar-refractivity contribution in [1.29, 1.82) is 0 Å². The quantitative estimate of drug-likeness (QED) is 0.0674. The van der Waals surface area contributed by atoms with Crippen molar-refractivity contribution in [2.24, 2.45) is 29.6 Å². The second-order valence-electron chi connectivity index (χ2n) is 17.8. The van der Waals surface area contributed by atoms with Crippen molar-refractivity contribution in [1.82, 2.24) is 25.3 Å². The van der Waals surface area contributed by atoms with Crippen LogP contribution in [0.2, 0.25) is 0 Å². The van der Waals surface area contributed by atoms with Gasteiger partial charge in [-0.15, -0.1) is 0 Å². The van der Waals surface area contributed by atoms with Gasteiger partial charge in [-0.25, -0.2) is 4.79 Å². The molecule has 0 bridgehead atoms. The number of benzene rings is 1. The highest BCUT2D eigenvalue weighted by Gasteiger charge is 2.44. The van der Waals surface area contributed by atoms with Gasteiger partial charge in [0.15, 0.2) is 0 Å². The highest BCUT2D eigenvalue weighted by molar-refractivity contribution is 14.2. The van der Waals surface area contributed by atoms with Crippen LogP contribution in [-0.4, -0.2) is 139 Å². The van der Waals surface area contributed by atoms with Gasteiger partial charge in [0.25, 0.3) is 0 Å². The average Bonchev–Trinajstić information content (AvgIpc) is 3.72. The number of amides is 5. The van der Waals surface area contributed by atoms with Gasteiger partial charge in [-0.1, -0.05) is 110 Å². The highest BCUT2D eigenvalue weighted by atomic mass is 127. The third kappa shape index (κ3) is 15.4. The van der Waals surface area contributed by atoms with Gasteiger partial charge < -0.3 is 39.8 Å². The molecule has 1 aromatic carbocycles. The van der Waals surface area contributed by atoms with Crippen LogP contribution in [0.4, 0.5) is 4.79 Å². The molecule has 1 aromatic rings. The molecule has 1 fully saturated rings. The second-order valence-corrected chi connectivity index (χ2v) is 22.9. The molecule has 11 atom stereocenters. The fourth-order valence-corrected chi connectivity index (χ4v) is 12.3. The predicted molar refractivity (Wildman–Crippen MR) is 257 cm³/mol. The molecule has 354 valence electrons. The first-order chi connectivity index (χ1) is 29.2. The van der Waals surface area contributed by atoms with Crippen molar-refractivity contribution >= 4 is 69.7 Å². The van der Waals surface area contributed by atoms with Crippen molar-refractivity contribution in [2.45, 2.75) is 149 Å². The topological polar surface area (TPSA) is 167 Å². The van der Waals surface area contributed by atoms with Gasteiger partial charge in [-0.05, 0) is 57.0 Å². The predicted octanol–water partition coefficient (Wildman–Crippen LogP) is 7.13. The van der Waals surface area contributed by atoms with Gasteiger partial charge >= 0.3 is 6.09 Å². The maximum absolute atomic E-state index is 14.5. The summed E-state index contributed by atoms with van der Waals surface area (Å²) in [5.41, 5.74) is 0.696. The van der Waals surface area contributed by atoms with Crippen LogP contribution in [0.15, 0.2) is 30.3 Å². The minimum absolute atomic E-state index is 0.0231. The smallest absolute Gasteiger partial charge is 0.410 e. The number of halogens is 1. The van der Waals surface area contributed by atoms with Crippen LogP contribution in [-0.2, 0) is 33.4 Å². The van der Waals surface area contributed by atoms with E-state index in [1.807, 2.05) is 71.9 Å². The van der Waals surface area contributed by atoms with E-state index in [1.165, 1.54) is 12.0 Å². The molecule has 2 rings (SSSR count). The third-order valence-electron chi connectivity index (χ3n) is 12.4. The molecule has 0 unspecified atom stereocenters. The lowest BCUT2D eigenvalue weighted by molar-refractivity contribution is -0.148. The van der Waals surface area contributed by atoms with Gasteiger partial charge in [0.05, 0.1) is 54.0 Å². The molecule has 1 saturated heterocycles. The number of likely N-dealkylation sites (N-methyl/N-ethyl adjacent to an activating group) is 2. The number of nitrogens with zero attached hydrogens (tertiary/aromatic N) is 3. The summed E-state index contributed by atoms with van der Waals surface area (Å²) >= 11 is 2.20. The number of likely N-dealkylation sites (tertiary alicyclic amines) is 1. The van der Waals surface area contributed by atoms with Gasteiger partial charge in [0.2, 0.25) is 23.6 Å². The number of hydrogen-bond donors (Lipinski definition) is 3. The molecule has 3 N–H and O–H groups in total. The maximum atomic E-state index is 14.5. The molecule has 5 amide bonds. The number of aliphatic hydroxyl groups is 1. The van der Waals surface area contributed by atoms with Gasteiger partial charge in [0.1, 0.15) is 18.7 Å². The number of nitrogens with one attached hydrogen (secondary N) is 2. The Morgan fingerprint density at radius 3 is 2.03 bits per heavy atom. The Morgan fingerprint density at radius 2 is 1.52 bits per heavy atom. The Morgan fingerprint density at radius 1 is 0.887 bits per heavy atom. The second kappa shape index (κ2) is 27.2. The zero-order valence-electron chi connectivity index (χ0n) is 39.5. The summed E-state index contributed by atoms with van der Waals surface area (Å²) in [7, 11) is 9.53. The molecule has 14 nitrogen and oxygen atoms in total. The number of rotatable bonds is 25. The van der Waals surface area contributed by atoms with Crippen LogP contribution in [0.25, 0.3) is 0 Å². The van der Waals surface area contributed by atoms with Crippen molar-refractivity contribution < 1.29 is 43.3 Å². The fraction of sp³-hybridized carbons (Fsp3) is 0.756. The molecular formula is C45H76IN5O9S2. The summed E-state index contributed by atoms with van der Waals surface area (Å²) in [5, 5.41) is 16.9. The number of carbonyl (C=O) groups excluding carboxylic acids is 5. The zero-order chi connectivity index (χ0) is 47.0. The number of methoxy groups -OCH3 is 2. The Balaban J connectivity index is 2.27. The summed E-state index contributed by atoms with van der Waals surface area (Å²) in [4.78, 5) is 74.4. The highest BCUT2D eigenvalue weighted by Crippen LogP contribution is 2.36. The lowest BCUT2D eigenvalue weighted by Crippen LogP contribution is -2.60. The molecule has 0 saturated carbocycles. The first-order valence-corrected chi connectivity index (χ1v) is 26.7. The monoisotopic (exact) mass is 1020 g/mol. The first kappa shape index (κ1) is 55.8. The molecule has 62 heavy (non-hydrogen) atoms. The summed E-state index contributed by atoms with van der Waals surface area (Å²) < 4.78 is 17.7. The zero-order valence-corrected chi connectivity index (χ0v) is 43.3. The Bertz CT molecular complexity index is 1560. The number of hydrogen-bond acceptors (Lipinski definition) is 11. The lowest BCUT2D eigenvalue weighted by atomic mass is 9.89. The molecular weight excluding hydrogens is 946 g/mol. The molecule has 1 aliphatic rings. The minimum Gasteiger partial charge on any atom is -0.448 e. The van der Waals surface area contributed by atoms with Crippen LogP contribution in [0.3, 0.4) is 0 Å². The van der Waals surface area contributed by atoms with E-state index in [9.17, 15) is 29.1 Å².